The van der Waals surface area contributed by atoms with Crippen LogP contribution in [-0.2, 0) is 12.8 Å². The third-order valence-electron chi connectivity index (χ3n) is 3.71. The number of pyridine rings is 1. The average Bonchev–Trinajstić information content (AvgIpc) is 2.93. The molecule has 0 radical (unpaired) electrons. The molecule has 1 fully saturated rings. The quantitative estimate of drug-likeness (QED) is 0.903. The molecule has 0 bridgehead atoms. The molecule has 0 unspecified atom stereocenters. The fraction of sp³-hybridized carbons (Fsp3) is 0.600. The Morgan fingerprint density at radius 3 is 2.58 bits per heavy atom. The standard InChI is InChI=1S/C15H22N2O2/c1-3-7-11-10-12(14(18)16-13(11)4-2)15(19)17-8-5-6-9-17/h10H,3-9H2,1-2H3,(H,16,18). The summed E-state index contributed by atoms with van der Waals surface area (Å²) in [5.41, 5.74) is 2.13. The van der Waals surface area contributed by atoms with E-state index < -0.39 is 0 Å². The Morgan fingerprint density at radius 1 is 1.32 bits per heavy atom. The van der Waals surface area contributed by atoms with Crippen LogP contribution >= 0.6 is 0 Å². The molecule has 0 spiro atoms. The molecule has 104 valence electrons. The molecule has 2 heterocycles. The number of carbonyl (C=O) groups excluding carboxylic acids is 1. The van der Waals surface area contributed by atoms with Gasteiger partial charge in [0.25, 0.3) is 11.5 Å². The van der Waals surface area contributed by atoms with Gasteiger partial charge in [-0.25, -0.2) is 0 Å². The third kappa shape index (κ3) is 2.88. The second-order valence-corrected chi connectivity index (χ2v) is 5.12. The highest BCUT2D eigenvalue weighted by Crippen LogP contribution is 2.14. The highest BCUT2D eigenvalue weighted by atomic mass is 16.2. The minimum absolute atomic E-state index is 0.112. The number of hydrogen-bond donors (Lipinski definition) is 1. The Labute approximate surface area is 113 Å². The fourth-order valence-electron chi connectivity index (χ4n) is 2.67. The van der Waals surface area contributed by atoms with Crippen molar-refractivity contribution < 1.29 is 4.79 Å². The van der Waals surface area contributed by atoms with Crippen molar-refractivity contribution >= 4 is 5.91 Å². The number of H-pyrrole nitrogens is 1. The van der Waals surface area contributed by atoms with Crippen LogP contribution in [0.2, 0.25) is 0 Å². The molecule has 4 nitrogen and oxygen atoms in total. The van der Waals surface area contributed by atoms with E-state index in [0.717, 1.165) is 56.5 Å². The molecule has 1 saturated heterocycles. The number of likely N-dealkylation sites (tertiary alicyclic amines) is 1. The first-order chi connectivity index (χ1) is 9.17. The lowest BCUT2D eigenvalue weighted by atomic mass is 10.0. The third-order valence-corrected chi connectivity index (χ3v) is 3.71. The lowest BCUT2D eigenvalue weighted by Crippen LogP contribution is -2.33. The minimum Gasteiger partial charge on any atom is -0.338 e. The molecule has 0 aliphatic carbocycles. The smallest absolute Gasteiger partial charge is 0.261 e. The summed E-state index contributed by atoms with van der Waals surface area (Å²) < 4.78 is 0. The predicted molar refractivity (Wildman–Crippen MR) is 75.6 cm³/mol. The number of amides is 1. The first kappa shape index (κ1) is 13.8. The van der Waals surface area contributed by atoms with Crippen molar-refractivity contribution in [3.05, 3.63) is 33.2 Å². The van der Waals surface area contributed by atoms with E-state index in [0.29, 0.717) is 5.56 Å². The zero-order valence-corrected chi connectivity index (χ0v) is 11.8. The molecular formula is C15H22N2O2. The van der Waals surface area contributed by atoms with Gasteiger partial charge in [-0.3, -0.25) is 9.59 Å². The van der Waals surface area contributed by atoms with Crippen molar-refractivity contribution in [2.45, 2.75) is 46.0 Å². The first-order valence-corrected chi connectivity index (χ1v) is 7.21. The van der Waals surface area contributed by atoms with Crippen LogP contribution in [0.5, 0.6) is 0 Å². The number of rotatable bonds is 4. The van der Waals surface area contributed by atoms with Crippen LogP contribution < -0.4 is 5.56 Å². The van der Waals surface area contributed by atoms with Gasteiger partial charge in [-0.1, -0.05) is 20.3 Å². The van der Waals surface area contributed by atoms with Crippen molar-refractivity contribution in [1.29, 1.82) is 0 Å². The molecule has 1 aliphatic heterocycles. The van der Waals surface area contributed by atoms with Gasteiger partial charge >= 0.3 is 0 Å². The summed E-state index contributed by atoms with van der Waals surface area (Å²) in [4.78, 5) is 29.0. The van der Waals surface area contributed by atoms with E-state index in [1.54, 1.807) is 4.90 Å². The topological polar surface area (TPSA) is 53.2 Å². The summed E-state index contributed by atoms with van der Waals surface area (Å²) in [6.45, 7) is 5.67. The number of aryl methyl sites for hydroxylation is 2. The largest absolute Gasteiger partial charge is 0.338 e. The molecule has 19 heavy (non-hydrogen) atoms. The molecule has 1 aromatic heterocycles. The maximum atomic E-state index is 12.3. The second-order valence-electron chi connectivity index (χ2n) is 5.12. The summed E-state index contributed by atoms with van der Waals surface area (Å²) in [5.74, 6) is -0.112. The van der Waals surface area contributed by atoms with Gasteiger partial charge in [-0.15, -0.1) is 0 Å². The maximum absolute atomic E-state index is 12.3. The van der Waals surface area contributed by atoms with E-state index >= 15 is 0 Å². The van der Waals surface area contributed by atoms with Crippen LogP contribution in [0.1, 0.15) is 54.7 Å². The molecule has 0 aromatic carbocycles. The van der Waals surface area contributed by atoms with Gasteiger partial charge in [0, 0.05) is 18.8 Å². The molecule has 0 saturated carbocycles. The summed E-state index contributed by atoms with van der Waals surface area (Å²) in [5, 5.41) is 0. The number of hydrogen-bond acceptors (Lipinski definition) is 2. The van der Waals surface area contributed by atoms with Crippen molar-refractivity contribution in [2.24, 2.45) is 0 Å². The number of carbonyl (C=O) groups is 1. The van der Waals surface area contributed by atoms with Gasteiger partial charge in [0.05, 0.1) is 0 Å². The lowest BCUT2D eigenvalue weighted by Gasteiger charge is -2.16. The fourth-order valence-corrected chi connectivity index (χ4v) is 2.67. The predicted octanol–water partition coefficient (Wildman–Crippen LogP) is 2.13. The van der Waals surface area contributed by atoms with Crippen LogP contribution in [0.4, 0.5) is 0 Å². The Hall–Kier alpha value is -1.58. The number of aromatic amines is 1. The Kier molecular flexibility index (Phi) is 4.40. The lowest BCUT2D eigenvalue weighted by molar-refractivity contribution is 0.0791. The molecule has 0 atom stereocenters. The van der Waals surface area contributed by atoms with Gasteiger partial charge in [0.2, 0.25) is 0 Å². The summed E-state index contributed by atoms with van der Waals surface area (Å²) in [7, 11) is 0. The average molecular weight is 262 g/mol. The molecular weight excluding hydrogens is 240 g/mol. The van der Waals surface area contributed by atoms with Crippen molar-refractivity contribution in [3.63, 3.8) is 0 Å². The Bertz CT molecular complexity index is 513. The molecule has 1 N–H and O–H groups in total. The van der Waals surface area contributed by atoms with Gasteiger partial charge in [-0.2, -0.15) is 0 Å². The van der Waals surface area contributed by atoms with E-state index in [9.17, 15) is 9.59 Å². The monoisotopic (exact) mass is 262 g/mol. The van der Waals surface area contributed by atoms with Gasteiger partial charge in [-0.05, 0) is 37.3 Å². The Morgan fingerprint density at radius 2 is 2.00 bits per heavy atom. The first-order valence-electron chi connectivity index (χ1n) is 7.21. The normalized spacial score (nSPS) is 14.9. The minimum atomic E-state index is -0.242. The highest BCUT2D eigenvalue weighted by molar-refractivity contribution is 5.94. The van der Waals surface area contributed by atoms with E-state index in [2.05, 4.69) is 11.9 Å². The molecule has 1 aromatic rings. The summed E-state index contributed by atoms with van der Waals surface area (Å²) in [6.07, 6.45) is 4.79. The van der Waals surface area contributed by atoms with Crippen LogP contribution in [0.3, 0.4) is 0 Å². The van der Waals surface area contributed by atoms with Crippen LogP contribution in [0, 0.1) is 0 Å². The molecule has 1 aliphatic rings. The molecule has 2 rings (SSSR count). The van der Waals surface area contributed by atoms with Crippen LogP contribution in [0.15, 0.2) is 10.9 Å². The van der Waals surface area contributed by atoms with Crippen molar-refractivity contribution in [3.8, 4) is 0 Å². The second kappa shape index (κ2) is 6.04. The van der Waals surface area contributed by atoms with E-state index in [4.69, 9.17) is 0 Å². The van der Waals surface area contributed by atoms with Gasteiger partial charge < -0.3 is 9.88 Å². The zero-order valence-electron chi connectivity index (χ0n) is 11.8. The molecule has 1 amide bonds. The van der Waals surface area contributed by atoms with Gasteiger partial charge in [0.15, 0.2) is 0 Å². The van der Waals surface area contributed by atoms with E-state index in [1.165, 1.54) is 0 Å². The number of nitrogens with one attached hydrogen (secondary N) is 1. The van der Waals surface area contributed by atoms with E-state index in [1.807, 2.05) is 13.0 Å². The number of aromatic nitrogens is 1. The Balaban J connectivity index is 2.36. The summed E-state index contributed by atoms with van der Waals surface area (Å²) >= 11 is 0. The van der Waals surface area contributed by atoms with Crippen LogP contribution in [0.25, 0.3) is 0 Å². The molecule has 4 heteroatoms. The van der Waals surface area contributed by atoms with Crippen molar-refractivity contribution in [1.82, 2.24) is 9.88 Å². The van der Waals surface area contributed by atoms with Gasteiger partial charge in [0.1, 0.15) is 5.56 Å². The summed E-state index contributed by atoms with van der Waals surface area (Å²) in [6, 6.07) is 1.81. The zero-order chi connectivity index (χ0) is 13.8. The SMILES string of the molecule is CCCc1cc(C(=O)N2CCCC2)c(=O)[nH]c1CC. The van der Waals surface area contributed by atoms with E-state index in [-0.39, 0.29) is 11.5 Å². The van der Waals surface area contributed by atoms with Crippen LogP contribution in [-0.4, -0.2) is 28.9 Å². The van der Waals surface area contributed by atoms with Crippen molar-refractivity contribution in [2.75, 3.05) is 13.1 Å². The highest BCUT2D eigenvalue weighted by Gasteiger charge is 2.22. The number of nitrogens with zero attached hydrogens (tertiary/aromatic N) is 1. The maximum Gasteiger partial charge on any atom is 0.261 e.